The topological polar surface area (TPSA) is 61.4 Å². The number of carbonyl (C=O) groups excluding carboxylic acids is 2. The lowest BCUT2D eigenvalue weighted by Gasteiger charge is -2.18. The number of urea groups is 1. The van der Waals surface area contributed by atoms with Gasteiger partial charge >= 0.3 is 6.03 Å². The van der Waals surface area contributed by atoms with E-state index >= 15 is 0 Å². The SMILES string of the molecule is Cc1ccc(N2CC[C@@H](NC(=O)Nc3cccc(Cl)c3C)C2=O)cc1. The average Bonchev–Trinajstić information content (AvgIpc) is 2.93. The maximum atomic E-state index is 12.6. The van der Waals surface area contributed by atoms with Crippen molar-refractivity contribution in [2.75, 3.05) is 16.8 Å². The van der Waals surface area contributed by atoms with Gasteiger partial charge in [-0.3, -0.25) is 4.79 Å². The van der Waals surface area contributed by atoms with E-state index in [0.717, 1.165) is 16.8 Å². The number of nitrogens with one attached hydrogen (secondary N) is 2. The molecular formula is C19H20ClN3O2. The highest BCUT2D eigenvalue weighted by Crippen LogP contribution is 2.24. The van der Waals surface area contributed by atoms with E-state index in [4.69, 9.17) is 11.6 Å². The minimum Gasteiger partial charge on any atom is -0.326 e. The minimum absolute atomic E-state index is 0.0955. The van der Waals surface area contributed by atoms with Crippen molar-refractivity contribution in [2.24, 2.45) is 0 Å². The molecule has 3 amide bonds. The zero-order valence-corrected chi connectivity index (χ0v) is 14.9. The Morgan fingerprint density at radius 2 is 1.88 bits per heavy atom. The zero-order chi connectivity index (χ0) is 18.0. The summed E-state index contributed by atoms with van der Waals surface area (Å²) in [5.74, 6) is -0.0955. The Labute approximate surface area is 152 Å². The molecule has 25 heavy (non-hydrogen) atoms. The second-order valence-electron chi connectivity index (χ2n) is 6.18. The molecule has 1 heterocycles. The highest BCUT2D eigenvalue weighted by atomic mass is 35.5. The van der Waals surface area contributed by atoms with Gasteiger partial charge in [-0.15, -0.1) is 0 Å². The predicted molar refractivity (Wildman–Crippen MR) is 100 cm³/mol. The monoisotopic (exact) mass is 357 g/mol. The molecule has 0 radical (unpaired) electrons. The quantitative estimate of drug-likeness (QED) is 0.875. The predicted octanol–water partition coefficient (Wildman–Crippen LogP) is 3.88. The highest BCUT2D eigenvalue weighted by Gasteiger charge is 2.33. The molecule has 6 heteroatoms. The van der Waals surface area contributed by atoms with Gasteiger partial charge in [-0.2, -0.15) is 0 Å². The van der Waals surface area contributed by atoms with Crippen LogP contribution in [0.2, 0.25) is 5.02 Å². The van der Waals surface area contributed by atoms with Crippen LogP contribution < -0.4 is 15.5 Å². The smallest absolute Gasteiger partial charge is 0.319 e. The molecular weight excluding hydrogens is 338 g/mol. The van der Waals surface area contributed by atoms with E-state index < -0.39 is 12.1 Å². The van der Waals surface area contributed by atoms with E-state index in [2.05, 4.69) is 10.6 Å². The Morgan fingerprint density at radius 1 is 1.16 bits per heavy atom. The number of halogens is 1. The summed E-state index contributed by atoms with van der Waals surface area (Å²) >= 11 is 6.06. The third-order valence-electron chi connectivity index (χ3n) is 4.37. The number of aryl methyl sites for hydroxylation is 1. The van der Waals surface area contributed by atoms with Gasteiger partial charge in [0.2, 0.25) is 5.91 Å². The fourth-order valence-electron chi connectivity index (χ4n) is 2.85. The second-order valence-corrected chi connectivity index (χ2v) is 6.58. The molecule has 0 unspecified atom stereocenters. The van der Waals surface area contributed by atoms with Gasteiger partial charge in [0.1, 0.15) is 6.04 Å². The van der Waals surface area contributed by atoms with Crippen molar-refractivity contribution in [3.63, 3.8) is 0 Å². The van der Waals surface area contributed by atoms with Gasteiger partial charge in [-0.1, -0.05) is 35.4 Å². The number of benzene rings is 2. The molecule has 0 aromatic heterocycles. The van der Waals surface area contributed by atoms with Crippen molar-refractivity contribution < 1.29 is 9.59 Å². The van der Waals surface area contributed by atoms with Gasteiger partial charge in [0.05, 0.1) is 0 Å². The van der Waals surface area contributed by atoms with Crippen LogP contribution in [0.5, 0.6) is 0 Å². The fourth-order valence-corrected chi connectivity index (χ4v) is 3.03. The van der Waals surface area contributed by atoms with Crippen LogP contribution in [0.4, 0.5) is 16.2 Å². The molecule has 2 N–H and O–H groups in total. The first-order chi connectivity index (χ1) is 12.0. The molecule has 1 atom stereocenters. The standard InChI is InChI=1S/C19H20ClN3O2/c1-12-6-8-14(9-7-12)23-11-10-17(18(23)24)22-19(25)21-16-5-3-4-15(20)13(16)2/h3-9,17H,10-11H2,1-2H3,(H2,21,22,25)/t17-/m1/s1. The first kappa shape index (κ1) is 17.3. The first-order valence-corrected chi connectivity index (χ1v) is 8.54. The average molecular weight is 358 g/mol. The fraction of sp³-hybridized carbons (Fsp3) is 0.263. The molecule has 5 nitrogen and oxygen atoms in total. The summed E-state index contributed by atoms with van der Waals surface area (Å²) in [7, 11) is 0. The van der Waals surface area contributed by atoms with Crippen molar-refractivity contribution in [2.45, 2.75) is 26.3 Å². The lowest BCUT2D eigenvalue weighted by Crippen LogP contribution is -2.43. The molecule has 3 rings (SSSR count). The van der Waals surface area contributed by atoms with Crippen LogP contribution in [-0.2, 0) is 4.79 Å². The number of amides is 3. The third kappa shape index (κ3) is 3.77. The normalized spacial score (nSPS) is 16.8. The van der Waals surface area contributed by atoms with E-state index in [-0.39, 0.29) is 5.91 Å². The summed E-state index contributed by atoms with van der Waals surface area (Å²) in [5.41, 5.74) is 3.41. The summed E-state index contributed by atoms with van der Waals surface area (Å²) in [5, 5.41) is 6.09. The van der Waals surface area contributed by atoms with Crippen LogP contribution in [0, 0.1) is 13.8 Å². The van der Waals surface area contributed by atoms with Crippen molar-refractivity contribution in [1.29, 1.82) is 0 Å². The molecule has 1 fully saturated rings. The number of hydrogen-bond donors (Lipinski definition) is 2. The molecule has 2 aromatic carbocycles. The van der Waals surface area contributed by atoms with Crippen molar-refractivity contribution in [3.05, 3.63) is 58.6 Å². The Balaban J connectivity index is 1.63. The van der Waals surface area contributed by atoms with E-state index in [0.29, 0.717) is 23.7 Å². The van der Waals surface area contributed by atoms with Gasteiger partial charge in [-0.05, 0) is 50.1 Å². The molecule has 0 saturated carbocycles. The van der Waals surface area contributed by atoms with Gasteiger partial charge in [0.25, 0.3) is 0 Å². The lowest BCUT2D eigenvalue weighted by atomic mass is 10.2. The van der Waals surface area contributed by atoms with Crippen LogP contribution in [0.15, 0.2) is 42.5 Å². The molecule has 130 valence electrons. The zero-order valence-electron chi connectivity index (χ0n) is 14.2. The number of nitrogens with zero attached hydrogens (tertiary/aromatic N) is 1. The van der Waals surface area contributed by atoms with Crippen molar-refractivity contribution >= 4 is 34.9 Å². The maximum absolute atomic E-state index is 12.6. The van der Waals surface area contributed by atoms with E-state index in [9.17, 15) is 9.59 Å². The van der Waals surface area contributed by atoms with Gasteiger partial charge < -0.3 is 15.5 Å². The van der Waals surface area contributed by atoms with Crippen LogP contribution >= 0.6 is 11.6 Å². The van der Waals surface area contributed by atoms with Gasteiger partial charge in [-0.25, -0.2) is 4.79 Å². The van der Waals surface area contributed by atoms with Crippen molar-refractivity contribution in [3.8, 4) is 0 Å². The van der Waals surface area contributed by atoms with Crippen LogP contribution in [0.1, 0.15) is 17.5 Å². The summed E-state index contributed by atoms with van der Waals surface area (Å²) in [6, 6.07) is 12.2. The Kier molecular flexibility index (Phi) is 4.95. The highest BCUT2D eigenvalue weighted by molar-refractivity contribution is 6.31. The number of anilines is 2. The Morgan fingerprint density at radius 3 is 2.60 bits per heavy atom. The summed E-state index contributed by atoms with van der Waals surface area (Å²) in [4.78, 5) is 26.5. The summed E-state index contributed by atoms with van der Waals surface area (Å²) in [6.45, 7) is 4.42. The molecule has 0 bridgehead atoms. The van der Waals surface area contributed by atoms with Crippen LogP contribution in [0.25, 0.3) is 0 Å². The number of carbonyl (C=O) groups is 2. The molecule has 1 saturated heterocycles. The second kappa shape index (κ2) is 7.15. The van der Waals surface area contributed by atoms with E-state index in [1.807, 2.05) is 38.1 Å². The van der Waals surface area contributed by atoms with Crippen molar-refractivity contribution in [1.82, 2.24) is 5.32 Å². The summed E-state index contributed by atoms with van der Waals surface area (Å²) in [6.07, 6.45) is 0.578. The van der Waals surface area contributed by atoms with Gasteiger partial charge in [0, 0.05) is 22.9 Å². The van der Waals surface area contributed by atoms with Gasteiger partial charge in [0.15, 0.2) is 0 Å². The molecule has 0 aliphatic carbocycles. The third-order valence-corrected chi connectivity index (χ3v) is 4.78. The Bertz CT molecular complexity index is 805. The van der Waals surface area contributed by atoms with E-state index in [1.54, 1.807) is 23.1 Å². The largest absolute Gasteiger partial charge is 0.326 e. The number of hydrogen-bond acceptors (Lipinski definition) is 2. The summed E-state index contributed by atoms with van der Waals surface area (Å²) < 4.78 is 0. The van der Waals surface area contributed by atoms with Crippen LogP contribution in [0.3, 0.4) is 0 Å². The van der Waals surface area contributed by atoms with E-state index in [1.165, 1.54) is 0 Å². The Hall–Kier alpha value is -2.53. The van der Waals surface area contributed by atoms with Crippen LogP contribution in [-0.4, -0.2) is 24.5 Å². The first-order valence-electron chi connectivity index (χ1n) is 8.16. The lowest BCUT2D eigenvalue weighted by molar-refractivity contribution is -0.118. The molecule has 1 aliphatic heterocycles. The number of rotatable bonds is 3. The maximum Gasteiger partial charge on any atom is 0.319 e. The minimum atomic E-state index is -0.527. The molecule has 1 aliphatic rings. The molecule has 2 aromatic rings. The molecule has 0 spiro atoms.